The van der Waals surface area contributed by atoms with Gasteiger partial charge in [-0.05, 0) is 19.2 Å². The van der Waals surface area contributed by atoms with Crippen LogP contribution in [0, 0.1) is 0 Å². The van der Waals surface area contributed by atoms with Crippen LogP contribution in [0.2, 0.25) is 5.02 Å². The van der Waals surface area contributed by atoms with E-state index in [2.05, 4.69) is 5.32 Å². The molecule has 1 aromatic rings. The molecule has 4 nitrogen and oxygen atoms in total. The van der Waals surface area contributed by atoms with Gasteiger partial charge in [0.15, 0.2) is 11.5 Å². The van der Waals surface area contributed by atoms with Crippen LogP contribution in [0.15, 0.2) is 12.1 Å². The van der Waals surface area contributed by atoms with Crippen molar-refractivity contribution in [1.82, 2.24) is 5.32 Å². The van der Waals surface area contributed by atoms with E-state index in [1.54, 1.807) is 19.2 Å². The highest BCUT2D eigenvalue weighted by Crippen LogP contribution is 2.42. The second-order valence-electron chi connectivity index (χ2n) is 3.27. The van der Waals surface area contributed by atoms with Gasteiger partial charge in [0.2, 0.25) is 6.79 Å². The van der Waals surface area contributed by atoms with Gasteiger partial charge in [0.25, 0.3) is 0 Å². The Balaban J connectivity index is 2.40. The largest absolute Gasteiger partial charge is 0.454 e. The summed E-state index contributed by atoms with van der Waals surface area (Å²) >= 11 is 6.02. The molecular weight excluding hydrogens is 218 g/mol. The predicted molar refractivity (Wildman–Crippen MR) is 56.5 cm³/mol. The van der Waals surface area contributed by atoms with Crippen LogP contribution in [-0.4, -0.2) is 25.5 Å². The third kappa shape index (κ3) is 1.88. The number of nitrogens with one attached hydrogen (secondary N) is 1. The molecular formula is C10H12ClNO3. The second kappa shape index (κ2) is 4.26. The van der Waals surface area contributed by atoms with Gasteiger partial charge >= 0.3 is 0 Å². The van der Waals surface area contributed by atoms with E-state index in [-0.39, 0.29) is 6.79 Å². The van der Waals surface area contributed by atoms with E-state index in [0.29, 0.717) is 28.6 Å². The fourth-order valence-corrected chi connectivity index (χ4v) is 1.85. The van der Waals surface area contributed by atoms with Crippen LogP contribution in [0.5, 0.6) is 11.5 Å². The lowest BCUT2D eigenvalue weighted by Gasteiger charge is -2.14. The number of ether oxygens (including phenoxy) is 2. The molecule has 1 aliphatic heterocycles. The van der Waals surface area contributed by atoms with Gasteiger partial charge in [-0.2, -0.15) is 0 Å². The Morgan fingerprint density at radius 1 is 1.53 bits per heavy atom. The van der Waals surface area contributed by atoms with E-state index in [0.717, 1.165) is 0 Å². The monoisotopic (exact) mass is 229 g/mol. The number of hydrogen-bond donors (Lipinski definition) is 2. The Kier molecular flexibility index (Phi) is 3.00. The van der Waals surface area contributed by atoms with Crippen molar-refractivity contribution in [3.8, 4) is 11.5 Å². The van der Waals surface area contributed by atoms with Crippen molar-refractivity contribution >= 4 is 11.6 Å². The molecule has 0 amide bonds. The summed E-state index contributed by atoms with van der Waals surface area (Å²) in [6.45, 7) is 0.592. The molecule has 0 saturated carbocycles. The Morgan fingerprint density at radius 3 is 3.07 bits per heavy atom. The zero-order valence-corrected chi connectivity index (χ0v) is 9.04. The maximum Gasteiger partial charge on any atom is 0.231 e. The molecule has 1 unspecified atom stereocenters. The molecule has 0 fully saturated rings. The number of fused-ring (bicyclic) bond motifs is 1. The van der Waals surface area contributed by atoms with Crippen molar-refractivity contribution in [3.05, 3.63) is 22.7 Å². The number of hydrogen-bond acceptors (Lipinski definition) is 4. The van der Waals surface area contributed by atoms with Crippen molar-refractivity contribution in [2.24, 2.45) is 0 Å². The molecule has 1 aromatic carbocycles. The molecule has 1 aliphatic rings. The van der Waals surface area contributed by atoms with Crippen molar-refractivity contribution in [2.75, 3.05) is 20.4 Å². The van der Waals surface area contributed by atoms with Crippen LogP contribution in [0.1, 0.15) is 11.7 Å². The maximum absolute atomic E-state index is 9.88. The van der Waals surface area contributed by atoms with Gasteiger partial charge in [-0.15, -0.1) is 0 Å². The molecule has 1 atom stereocenters. The SMILES string of the molecule is CNCC(O)c1c(Cl)ccc2c1OCO2. The first-order chi connectivity index (χ1) is 7.24. The fourth-order valence-electron chi connectivity index (χ4n) is 1.58. The lowest BCUT2D eigenvalue weighted by atomic mass is 10.1. The molecule has 0 aromatic heterocycles. The molecule has 2 rings (SSSR count). The standard InChI is InChI=1S/C10H12ClNO3/c1-12-4-7(13)9-6(11)2-3-8-10(9)15-5-14-8/h2-3,7,12-13H,4-5H2,1H3. The third-order valence-electron chi connectivity index (χ3n) is 2.26. The van der Waals surface area contributed by atoms with Crippen molar-refractivity contribution in [3.63, 3.8) is 0 Å². The molecule has 82 valence electrons. The molecule has 0 saturated heterocycles. The average molecular weight is 230 g/mol. The Labute approximate surface area is 92.8 Å². The third-order valence-corrected chi connectivity index (χ3v) is 2.58. The van der Waals surface area contributed by atoms with Crippen molar-refractivity contribution in [1.29, 1.82) is 0 Å². The van der Waals surface area contributed by atoms with Gasteiger partial charge in [-0.3, -0.25) is 0 Å². The van der Waals surface area contributed by atoms with Crippen LogP contribution in [-0.2, 0) is 0 Å². The molecule has 0 spiro atoms. The summed E-state index contributed by atoms with van der Waals surface area (Å²) in [7, 11) is 1.76. The number of halogens is 1. The molecule has 15 heavy (non-hydrogen) atoms. The summed E-state index contributed by atoms with van der Waals surface area (Å²) in [4.78, 5) is 0. The minimum atomic E-state index is -0.695. The first kappa shape index (κ1) is 10.5. The second-order valence-corrected chi connectivity index (χ2v) is 3.68. The summed E-state index contributed by atoms with van der Waals surface area (Å²) < 4.78 is 10.5. The molecule has 0 aliphatic carbocycles. The molecule has 1 heterocycles. The van der Waals surface area contributed by atoms with Gasteiger partial charge in [-0.1, -0.05) is 11.6 Å². The predicted octanol–water partition coefficient (Wildman–Crippen LogP) is 1.32. The van der Waals surface area contributed by atoms with E-state index < -0.39 is 6.10 Å². The summed E-state index contributed by atoms with van der Waals surface area (Å²) in [6.07, 6.45) is -0.695. The molecule has 2 N–H and O–H groups in total. The van der Waals surface area contributed by atoms with Crippen LogP contribution < -0.4 is 14.8 Å². The summed E-state index contributed by atoms with van der Waals surface area (Å²) in [6, 6.07) is 3.43. The van der Waals surface area contributed by atoms with Crippen LogP contribution in [0.4, 0.5) is 0 Å². The number of aliphatic hydroxyl groups excluding tert-OH is 1. The number of rotatable bonds is 3. The highest BCUT2D eigenvalue weighted by atomic mass is 35.5. The van der Waals surface area contributed by atoms with Crippen LogP contribution >= 0.6 is 11.6 Å². The number of likely N-dealkylation sites (N-methyl/N-ethyl adjacent to an activating group) is 1. The van der Waals surface area contributed by atoms with Crippen LogP contribution in [0.25, 0.3) is 0 Å². The number of benzene rings is 1. The first-order valence-electron chi connectivity index (χ1n) is 4.64. The minimum Gasteiger partial charge on any atom is -0.454 e. The average Bonchev–Trinajstić information content (AvgIpc) is 2.65. The van der Waals surface area contributed by atoms with Crippen LogP contribution in [0.3, 0.4) is 0 Å². The zero-order valence-electron chi connectivity index (χ0n) is 8.29. The Morgan fingerprint density at radius 2 is 2.33 bits per heavy atom. The van der Waals surface area contributed by atoms with Gasteiger partial charge < -0.3 is 19.9 Å². The van der Waals surface area contributed by atoms with Crippen molar-refractivity contribution < 1.29 is 14.6 Å². The van der Waals surface area contributed by atoms with E-state index >= 15 is 0 Å². The first-order valence-corrected chi connectivity index (χ1v) is 5.02. The summed E-state index contributed by atoms with van der Waals surface area (Å²) in [5.41, 5.74) is 0.584. The molecule has 0 bridgehead atoms. The van der Waals surface area contributed by atoms with E-state index in [9.17, 15) is 5.11 Å². The Bertz CT molecular complexity index is 370. The lowest BCUT2D eigenvalue weighted by Crippen LogP contribution is -2.17. The quantitative estimate of drug-likeness (QED) is 0.821. The van der Waals surface area contributed by atoms with Gasteiger partial charge in [0.1, 0.15) is 0 Å². The topological polar surface area (TPSA) is 50.7 Å². The van der Waals surface area contributed by atoms with Gasteiger partial charge in [0, 0.05) is 12.1 Å². The van der Waals surface area contributed by atoms with Gasteiger partial charge in [0.05, 0.1) is 11.1 Å². The van der Waals surface area contributed by atoms with E-state index in [4.69, 9.17) is 21.1 Å². The minimum absolute atomic E-state index is 0.176. The highest BCUT2D eigenvalue weighted by molar-refractivity contribution is 6.31. The van der Waals surface area contributed by atoms with E-state index in [1.165, 1.54) is 0 Å². The van der Waals surface area contributed by atoms with E-state index in [1.807, 2.05) is 0 Å². The zero-order chi connectivity index (χ0) is 10.8. The summed E-state index contributed by atoms with van der Waals surface area (Å²) in [5, 5.41) is 13.3. The lowest BCUT2D eigenvalue weighted by molar-refractivity contribution is 0.157. The number of aliphatic hydroxyl groups is 1. The smallest absolute Gasteiger partial charge is 0.231 e. The van der Waals surface area contributed by atoms with Gasteiger partial charge in [-0.25, -0.2) is 0 Å². The maximum atomic E-state index is 9.88. The molecule has 5 heteroatoms. The molecule has 0 radical (unpaired) electrons. The Hall–Kier alpha value is -0.970. The summed E-state index contributed by atoms with van der Waals surface area (Å²) in [5.74, 6) is 1.18. The van der Waals surface area contributed by atoms with Crippen molar-refractivity contribution in [2.45, 2.75) is 6.10 Å². The normalized spacial score (nSPS) is 15.4. The highest BCUT2D eigenvalue weighted by Gasteiger charge is 2.24. The fraction of sp³-hybridized carbons (Fsp3) is 0.400.